The number of aliphatic carboxylic acids is 1. The molecule has 0 bridgehead atoms. The van der Waals surface area contributed by atoms with Crippen LogP contribution < -0.4 is 0 Å². The molecule has 0 saturated carbocycles. The van der Waals surface area contributed by atoms with Crippen LogP contribution in [0.1, 0.15) is 29.8 Å². The number of carboxylic acids is 1. The molecule has 100 valence electrons. The summed E-state index contributed by atoms with van der Waals surface area (Å²) in [7, 11) is 0. The van der Waals surface area contributed by atoms with Gasteiger partial charge >= 0.3 is 5.97 Å². The van der Waals surface area contributed by atoms with Crippen molar-refractivity contribution in [2.75, 3.05) is 0 Å². The maximum absolute atomic E-state index is 11.1. The Morgan fingerprint density at radius 3 is 2.37 bits per heavy atom. The monoisotopic (exact) mass is 340 g/mol. The minimum atomic E-state index is -0.860. The van der Waals surface area contributed by atoms with Crippen molar-refractivity contribution in [3.8, 4) is 10.7 Å². The molecule has 1 N–H and O–H groups in total. The van der Waals surface area contributed by atoms with Crippen LogP contribution in [0.25, 0.3) is 10.7 Å². The highest BCUT2D eigenvalue weighted by atomic mass is 79.9. The first-order valence-electron chi connectivity index (χ1n) is 5.72. The zero-order valence-corrected chi connectivity index (χ0v) is 13.2. The molecule has 2 aromatic heterocycles. The van der Waals surface area contributed by atoms with E-state index in [0.29, 0.717) is 11.4 Å². The normalized spacial score (nSPS) is 12.4. The molecule has 0 saturated heterocycles. The summed E-state index contributed by atoms with van der Waals surface area (Å²) in [5, 5.41) is 11.1. The van der Waals surface area contributed by atoms with E-state index in [-0.39, 0.29) is 0 Å². The average Bonchev–Trinajstić information content (AvgIpc) is 2.74. The number of hydrogen-bond donors (Lipinski definition) is 1. The van der Waals surface area contributed by atoms with Crippen molar-refractivity contribution in [3.63, 3.8) is 0 Å². The second kappa shape index (κ2) is 5.38. The van der Waals surface area contributed by atoms with Crippen molar-refractivity contribution in [3.05, 3.63) is 32.9 Å². The predicted molar refractivity (Wildman–Crippen MR) is 78.6 cm³/mol. The molecular formula is C13H13BrN2O2S. The molecule has 2 aromatic rings. The molecule has 0 amide bonds. The van der Waals surface area contributed by atoms with Gasteiger partial charge in [-0.05, 0) is 42.8 Å². The Morgan fingerprint density at radius 2 is 1.95 bits per heavy atom. The number of rotatable bonds is 3. The van der Waals surface area contributed by atoms with Gasteiger partial charge in [0, 0.05) is 26.8 Å². The molecular weight excluding hydrogens is 328 g/mol. The Kier molecular flexibility index (Phi) is 4.01. The summed E-state index contributed by atoms with van der Waals surface area (Å²) >= 11 is 4.95. The van der Waals surface area contributed by atoms with E-state index >= 15 is 0 Å². The van der Waals surface area contributed by atoms with Crippen LogP contribution in [-0.2, 0) is 4.79 Å². The number of halogens is 1. The molecule has 0 aliphatic carbocycles. The molecule has 0 radical (unpaired) electrons. The Morgan fingerprint density at radius 1 is 1.37 bits per heavy atom. The zero-order valence-electron chi connectivity index (χ0n) is 10.8. The summed E-state index contributed by atoms with van der Waals surface area (Å²) < 4.78 is 0.995. The van der Waals surface area contributed by atoms with E-state index in [1.165, 1.54) is 0 Å². The molecule has 0 aromatic carbocycles. The first kappa shape index (κ1) is 14.1. The van der Waals surface area contributed by atoms with Gasteiger partial charge in [0.2, 0.25) is 0 Å². The third kappa shape index (κ3) is 2.84. The molecule has 1 atom stereocenters. The highest BCUT2D eigenvalue weighted by Gasteiger charge is 2.21. The number of carboxylic acid groups (broad SMARTS) is 1. The summed E-state index contributed by atoms with van der Waals surface area (Å²) in [4.78, 5) is 20.9. The van der Waals surface area contributed by atoms with Gasteiger partial charge in [0.25, 0.3) is 0 Å². The lowest BCUT2D eigenvalue weighted by Crippen LogP contribution is -2.13. The fraction of sp³-hybridized carbons (Fsp3) is 0.308. The summed E-state index contributed by atoms with van der Waals surface area (Å²) in [6.45, 7) is 5.31. The van der Waals surface area contributed by atoms with Crippen LogP contribution in [-0.4, -0.2) is 21.0 Å². The van der Waals surface area contributed by atoms with Crippen LogP contribution in [0.15, 0.2) is 15.9 Å². The summed E-state index contributed by atoms with van der Waals surface area (Å²) in [6, 6.07) is 1.96. The Labute approximate surface area is 123 Å². The highest BCUT2D eigenvalue weighted by molar-refractivity contribution is 9.10. The topological polar surface area (TPSA) is 63.1 Å². The lowest BCUT2D eigenvalue weighted by Gasteiger charge is -2.13. The van der Waals surface area contributed by atoms with E-state index in [1.54, 1.807) is 18.3 Å². The van der Waals surface area contributed by atoms with Crippen LogP contribution in [0, 0.1) is 13.8 Å². The first-order valence-corrected chi connectivity index (χ1v) is 7.39. The molecule has 4 nitrogen and oxygen atoms in total. The second-order valence-electron chi connectivity index (χ2n) is 4.32. The molecule has 0 spiro atoms. The van der Waals surface area contributed by atoms with Gasteiger partial charge in [-0.15, -0.1) is 11.3 Å². The molecule has 2 rings (SSSR count). The van der Waals surface area contributed by atoms with Crippen molar-refractivity contribution in [1.29, 1.82) is 0 Å². The zero-order chi connectivity index (χ0) is 14.2. The number of aromatic nitrogens is 2. The van der Waals surface area contributed by atoms with Gasteiger partial charge in [0.1, 0.15) is 0 Å². The Bertz CT molecular complexity index is 616. The van der Waals surface area contributed by atoms with Gasteiger partial charge in [-0.2, -0.15) is 0 Å². The average molecular weight is 341 g/mol. The molecule has 0 aliphatic rings. The minimum Gasteiger partial charge on any atom is -0.481 e. The van der Waals surface area contributed by atoms with Gasteiger partial charge in [-0.25, -0.2) is 9.97 Å². The van der Waals surface area contributed by atoms with E-state index in [2.05, 4.69) is 25.9 Å². The standard InChI is InChI=1S/C13H13BrN2O2S/c1-6(13(17)18)11-7(2)15-12(16-8(11)3)10-4-9(14)5-19-10/h4-6H,1-3H3,(H,17,18). The van der Waals surface area contributed by atoms with E-state index in [0.717, 1.165) is 20.7 Å². The van der Waals surface area contributed by atoms with E-state index < -0.39 is 11.9 Å². The number of carbonyl (C=O) groups is 1. The lowest BCUT2D eigenvalue weighted by atomic mass is 9.98. The maximum atomic E-state index is 11.1. The van der Waals surface area contributed by atoms with Gasteiger partial charge in [0.15, 0.2) is 5.82 Å². The van der Waals surface area contributed by atoms with Crippen molar-refractivity contribution >= 4 is 33.2 Å². The number of aryl methyl sites for hydroxylation is 2. The van der Waals surface area contributed by atoms with Gasteiger partial charge in [-0.3, -0.25) is 4.79 Å². The highest BCUT2D eigenvalue weighted by Crippen LogP contribution is 2.30. The van der Waals surface area contributed by atoms with E-state index in [1.807, 2.05) is 25.3 Å². The molecule has 19 heavy (non-hydrogen) atoms. The van der Waals surface area contributed by atoms with Gasteiger partial charge < -0.3 is 5.11 Å². The molecule has 6 heteroatoms. The Balaban J connectivity index is 2.51. The van der Waals surface area contributed by atoms with E-state index in [4.69, 9.17) is 5.11 Å². The Hall–Kier alpha value is -1.27. The van der Waals surface area contributed by atoms with Crippen LogP contribution in [0.5, 0.6) is 0 Å². The minimum absolute atomic E-state index is 0.593. The number of thiophene rings is 1. The summed E-state index contributed by atoms with van der Waals surface area (Å²) in [6.07, 6.45) is 0. The second-order valence-corrected chi connectivity index (χ2v) is 6.15. The SMILES string of the molecule is Cc1nc(-c2cc(Br)cs2)nc(C)c1C(C)C(=O)O. The number of hydrogen-bond acceptors (Lipinski definition) is 4. The summed E-state index contributed by atoms with van der Waals surface area (Å²) in [5.74, 6) is -0.808. The van der Waals surface area contributed by atoms with Crippen LogP contribution >= 0.6 is 27.3 Å². The van der Waals surface area contributed by atoms with Crippen molar-refractivity contribution < 1.29 is 9.90 Å². The van der Waals surface area contributed by atoms with Crippen molar-refractivity contribution in [2.24, 2.45) is 0 Å². The van der Waals surface area contributed by atoms with Crippen molar-refractivity contribution in [1.82, 2.24) is 9.97 Å². The number of nitrogens with zero attached hydrogens (tertiary/aromatic N) is 2. The third-order valence-electron chi connectivity index (χ3n) is 2.92. The van der Waals surface area contributed by atoms with Gasteiger partial charge in [-0.1, -0.05) is 0 Å². The van der Waals surface area contributed by atoms with Crippen LogP contribution in [0.4, 0.5) is 0 Å². The molecule has 2 heterocycles. The first-order chi connectivity index (χ1) is 8.90. The van der Waals surface area contributed by atoms with E-state index in [9.17, 15) is 4.79 Å². The fourth-order valence-electron chi connectivity index (χ4n) is 2.02. The van der Waals surface area contributed by atoms with Gasteiger partial charge in [0.05, 0.1) is 10.8 Å². The predicted octanol–water partition coefficient (Wildman–Crippen LogP) is 3.77. The third-order valence-corrected chi connectivity index (χ3v) is 4.61. The van der Waals surface area contributed by atoms with Crippen LogP contribution in [0.3, 0.4) is 0 Å². The maximum Gasteiger partial charge on any atom is 0.310 e. The van der Waals surface area contributed by atoms with Crippen molar-refractivity contribution in [2.45, 2.75) is 26.7 Å². The molecule has 1 unspecified atom stereocenters. The fourth-order valence-corrected chi connectivity index (χ4v) is 3.38. The quantitative estimate of drug-likeness (QED) is 0.923. The molecule has 0 fully saturated rings. The van der Waals surface area contributed by atoms with Crippen LogP contribution in [0.2, 0.25) is 0 Å². The summed E-state index contributed by atoms with van der Waals surface area (Å²) in [5.41, 5.74) is 2.15. The largest absolute Gasteiger partial charge is 0.481 e. The smallest absolute Gasteiger partial charge is 0.310 e. The lowest BCUT2D eigenvalue weighted by molar-refractivity contribution is -0.138. The molecule has 0 aliphatic heterocycles.